The minimum Gasteiger partial charge on any atom is -0.493 e. The highest BCUT2D eigenvalue weighted by atomic mass is 35.5. The molecule has 31 heavy (non-hydrogen) atoms. The van der Waals surface area contributed by atoms with E-state index >= 15 is 0 Å². The first-order valence-electron chi connectivity index (χ1n) is 9.76. The van der Waals surface area contributed by atoms with E-state index in [0.717, 1.165) is 0 Å². The number of carbonyl (C=O) groups excluding carboxylic acids is 4. The van der Waals surface area contributed by atoms with Crippen molar-refractivity contribution in [2.24, 2.45) is 23.5 Å². The van der Waals surface area contributed by atoms with Gasteiger partial charge < -0.3 is 20.5 Å². The highest BCUT2D eigenvalue weighted by Gasteiger charge is 2.46. The van der Waals surface area contributed by atoms with Crippen LogP contribution in [0, 0.1) is 17.8 Å². The zero-order valence-corrected chi connectivity index (χ0v) is 19.1. The number of carbonyl (C=O) groups is 4. The molecule has 1 unspecified atom stereocenters. The molecule has 1 aliphatic heterocycles. The Morgan fingerprint density at radius 2 is 1.74 bits per heavy atom. The van der Waals surface area contributed by atoms with Crippen LogP contribution in [-0.2, 0) is 19.2 Å². The number of nitrogens with two attached hydrogens (primary N) is 1. The fourth-order valence-corrected chi connectivity index (χ4v) is 3.46. The summed E-state index contributed by atoms with van der Waals surface area (Å²) < 4.78 is 10.4. The number of benzene rings is 1. The molecule has 0 radical (unpaired) electrons. The first-order valence-corrected chi connectivity index (χ1v) is 9.76. The number of methoxy groups -OCH3 is 2. The lowest BCUT2D eigenvalue weighted by atomic mass is 9.85. The largest absolute Gasteiger partial charge is 0.493 e. The Morgan fingerprint density at radius 3 is 2.23 bits per heavy atom. The second kappa shape index (κ2) is 11.1. The SMILES string of the molecule is COc1ccc(C(N)CC(=O)N[C@H](C(=O)[C@@H]2C(=O)NC(=O)[C@H]2C)C(C)C)cc1OC.Cl. The molecule has 3 amide bonds. The van der Waals surface area contributed by atoms with E-state index < -0.39 is 47.4 Å². The maximum absolute atomic E-state index is 12.9. The van der Waals surface area contributed by atoms with Crippen LogP contribution in [0.15, 0.2) is 18.2 Å². The molecule has 0 spiro atoms. The molecule has 4 atom stereocenters. The Hall–Kier alpha value is -2.65. The molecule has 1 saturated heterocycles. The average Bonchev–Trinajstić information content (AvgIpc) is 2.96. The smallest absolute Gasteiger partial charge is 0.238 e. The van der Waals surface area contributed by atoms with Crippen molar-refractivity contribution in [3.8, 4) is 11.5 Å². The Bertz CT molecular complexity index is 844. The summed E-state index contributed by atoms with van der Waals surface area (Å²) >= 11 is 0. The van der Waals surface area contributed by atoms with Crippen LogP contribution in [0.2, 0.25) is 0 Å². The van der Waals surface area contributed by atoms with E-state index in [1.54, 1.807) is 32.0 Å². The molecule has 1 aromatic carbocycles. The summed E-state index contributed by atoms with van der Waals surface area (Å²) in [5.74, 6) is -3.12. The number of ketones is 1. The fraction of sp³-hybridized carbons (Fsp3) is 0.524. The van der Waals surface area contributed by atoms with Crippen LogP contribution >= 0.6 is 12.4 Å². The maximum atomic E-state index is 12.9. The van der Waals surface area contributed by atoms with Gasteiger partial charge in [0.25, 0.3) is 0 Å². The normalized spacial score (nSPS) is 19.8. The van der Waals surface area contributed by atoms with Crippen molar-refractivity contribution in [2.75, 3.05) is 14.2 Å². The van der Waals surface area contributed by atoms with E-state index in [4.69, 9.17) is 15.2 Å². The van der Waals surface area contributed by atoms with Crippen LogP contribution in [0.1, 0.15) is 38.8 Å². The van der Waals surface area contributed by atoms with Crippen LogP contribution in [-0.4, -0.2) is 43.8 Å². The monoisotopic (exact) mass is 455 g/mol. The molecule has 4 N–H and O–H groups in total. The molecule has 0 aromatic heterocycles. The van der Waals surface area contributed by atoms with Crippen molar-refractivity contribution < 1.29 is 28.7 Å². The van der Waals surface area contributed by atoms with Gasteiger partial charge in [-0.15, -0.1) is 12.4 Å². The third-order valence-corrected chi connectivity index (χ3v) is 5.28. The summed E-state index contributed by atoms with van der Waals surface area (Å²) in [5.41, 5.74) is 6.84. The van der Waals surface area contributed by atoms with E-state index in [1.165, 1.54) is 21.1 Å². The van der Waals surface area contributed by atoms with Gasteiger partial charge in [-0.1, -0.05) is 26.8 Å². The summed E-state index contributed by atoms with van der Waals surface area (Å²) in [7, 11) is 3.02. The first kappa shape index (κ1) is 26.4. The first-order chi connectivity index (χ1) is 14.1. The maximum Gasteiger partial charge on any atom is 0.238 e. The predicted molar refractivity (Wildman–Crippen MR) is 116 cm³/mol. The topological polar surface area (TPSA) is 137 Å². The van der Waals surface area contributed by atoms with Gasteiger partial charge in [0.15, 0.2) is 17.3 Å². The van der Waals surface area contributed by atoms with E-state index in [0.29, 0.717) is 17.1 Å². The number of halogens is 1. The van der Waals surface area contributed by atoms with Gasteiger partial charge >= 0.3 is 0 Å². The number of rotatable bonds is 9. The summed E-state index contributed by atoms with van der Waals surface area (Å²) in [6.07, 6.45) is -0.0721. The molecule has 1 heterocycles. The third kappa shape index (κ3) is 5.95. The van der Waals surface area contributed by atoms with Gasteiger partial charge in [0.2, 0.25) is 17.7 Å². The number of amides is 3. The van der Waals surface area contributed by atoms with Crippen molar-refractivity contribution in [3.05, 3.63) is 23.8 Å². The average molecular weight is 456 g/mol. The second-order valence-electron chi connectivity index (χ2n) is 7.74. The Kier molecular flexibility index (Phi) is 9.45. The molecule has 9 nitrogen and oxygen atoms in total. The standard InChI is InChI=1S/C21H29N3O6.ClH/c1-10(2)18(19(26)17-11(3)20(27)24-21(17)28)23-16(25)9-13(22)12-6-7-14(29-4)15(8-12)30-5;/h6-8,10-11,13,17-18H,9,22H2,1-5H3,(H,23,25)(H,24,27,28);1H/t11-,13?,17+,18-;/m0./s1. The van der Waals surface area contributed by atoms with Gasteiger partial charge in [0, 0.05) is 12.5 Å². The molecule has 1 aromatic rings. The van der Waals surface area contributed by atoms with Gasteiger partial charge in [0.1, 0.15) is 5.92 Å². The lowest BCUT2D eigenvalue weighted by Gasteiger charge is -2.25. The highest BCUT2D eigenvalue weighted by Crippen LogP contribution is 2.30. The molecular weight excluding hydrogens is 426 g/mol. The number of hydrogen-bond donors (Lipinski definition) is 3. The Balaban J connectivity index is 0.00000480. The molecule has 1 aliphatic rings. The predicted octanol–water partition coefficient (Wildman–Crippen LogP) is 1.13. The van der Waals surface area contributed by atoms with Gasteiger partial charge in [-0.25, -0.2) is 0 Å². The lowest BCUT2D eigenvalue weighted by molar-refractivity contribution is -0.137. The minimum atomic E-state index is -1.11. The molecule has 0 aliphatic carbocycles. The lowest BCUT2D eigenvalue weighted by Crippen LogP contribution is -2.49. The summed E-state index contributed by atoms with van der Waals surface area (Å²) in [6.45, 7) is 5.04. The van der Waals surface area contributed by atoms with Gasteiger partial charge in [-0.2, -0.15) is 0 Å². The number of nitrogens with one attached hydrogen (secondary N) is 2. The van der Waals surface area contributed by atoms with Crippen LogP contribution < -0.4 is 25.8 Å². The highest BCUT2D eigenvalue weighted by molar-refractivity contribution is 6.16. The number of hydrogen-bond acceptors (Lipinski definition) is 7. The third-order valence-electron chi connectivity index (χ3n) is 5.28. The molecule has 0 saturated carbocycles. The fourth-order valence-electron chi connectivity index (χ4n) is 3.46. The Labute approximate surface area is 187 Å². The second-order valence-corrected chi connectivity index (χ2v) is 7.74. The van der Waals surface area contributed by atoms with Crippen LogP contribution in [0.5, 0.6) is 11.5 Å². The molecule has 10 heteroatoms. The van der Waals surface area contributed by atoms with Gasteiger partial charge in [0.05, 0.1) is 26.2 Å². The van der Waals surface area contributed by atoms with E-state index in [-0.39, 0.29) is 24.7 Å². The van der Waals surface area contributed by atoms with E-state index in [1.807, 2.05) is 0 Å². The van der Waals surface area contributed by atoms with E-state index in [9.17, 15) is 19.2 Å². The zero-order chi connectivity index (χ0) is 22.6. The quantitative estimate of drug-likeness (QED) is 0.375. The van der Waals surface area contributed by atoms with Crippen molar-refractivity contribution in [1.82, 2.24) is 10.6 Å². The molecule has 2 rings (SSSR count). The number of imide groups is 1. The molecule has 172 valence electrons. The van der Waals surface area contributed by atoms with Crippen LogP contribution in [0.3, 0.4) is 0 Å². The molecule has 1 fully saturated rings. The van der Waals surface area contributed by atoms with Crippen molar-refractivity contribution >= 4 is 35.9 Å². The van der Waals surface area contributed by atoms with Gasteiger partial charge in [-0.3, -0.25) is 24.5 Å². The zero-order valence-electron chi connectivity index (χ0n) is 18.3. The minimum absolute atomic E-state index is 0. The number of ether oxygens (including phenoxy) is 2. The van der Waals surface area contributed by atoms with Crippen molar-refractivity contribution in [2.45, 2.75) is 39.3 Å². The number of Topliss-reactive ketones (excluding diaryl/α,β-unsaturated/α-hetero) is 1. The summed E-state index contributed by atoms with van der Waals surface area (Å²) in [5, 5.41) is 4.85. The van der Waals surface area contributed by atoms with E-state index in [2.05, 4.69) is 10.6 Å². The van der Waals surface area contributed by atoms with Crippen molar-refractivity contribution in [3.63, 3.8) is 0 Å². The van der Waals surface area contributed by atoms with Crippen LogP contribution in [0.4, 0.5) is 0 Å². The molecular formula is C21H30ClN3O6. The van der Waals surface area contributed by atoms with Crippen LogP contribution in [0.25, 0.3) is 0 Å². The summed E-state index contributed by atoms with van der Waals surface area (Å²) in [4.78, 5) is 49.2. The van der Waals surface area contributed by atoms with Gasteiger partial charge in [-0.05, 0) is 23.6 Å². The molecule has 0 bridgehead atoms. The van der Waals surface area contributed by atoms with Crippen molar-refractivity contribution in [1.29, 1.82) is 0 Å². The Morgan fingerprint density at radius 1 is 1.13 bits per heavy atom. The summed E-state index contributed by atoms with van der Waals surface area (Å²) in [6, 6.07) is 3.59.